The molecule has 38 heavy (non-hydrogen) atoms. The molecule has 0 saturated heterocycles. The standard InChI is InChI=1S/C28H32BrN3O5S/c1-4-30-28(34)21(3)31(19-22-11-13-23(29)14-12-22)27(33)20-32(24-9-7-6-8-10-24)38(35,36)26-17-15-25(16-18-26)37-5-2/h6-18,21H,4-5,19-20H2,1-3H3,(H,30,34)/t21-/m1/s1. The lowest BCUT2D eigenvalue weighted by molar-refractivity contribution is -0.139. The van der Waals surface area contributed by atoms with Gasteiger partial charge in [-0.3, -0.25) is 13.9 Å². The number of nitrogens with zero attached hydrogens (tertiary/aromatic N) is 2. The van der Waals surface area contributed by atoms with Crippen molar-refractivity contribution in [3.63, 3.8) is 0 Å². The summed E-state index contributed by atoms with van der Waals surface area (Å²) in [7, 11) is -4.13. The van der Waals surface area contributed by atoms with Gasteiger partial charge in [0, 0.05) is 17.6 Å². The summed E-state index contributed by atoms with van der Waals surface area (Å²) in [6.45, 7) is 5.78. The number of carbonyl (C=O) groups is 2. The van der Waals surface area contributed by atoms with Crippen molar-refractivity contribution in [1.29, 1.82) is 0 Å². The summed E-state index contributed by atoms with van der Waals surface area (Å²) >= 11 is 3.40. The van der Waals surface area contributed by atoms with E-state index in [-0.39, 0.29) is 17.3 Å². The molecule has 0 unspecified atom stereocenters. The summed E-state index contributed by atoms with van der Waals surface area (Å²) in [6, 6.07) is 21.1. The number of anilines is 1. The molecule has 0 aliphatic rings. The molecule has 1 N–H and O–H groups in total. The van der Waals surface area contributed by atoms with Gasteiger partial charge in [0.2, 0.25) is 11.8 Å². The van der Waals surface area contributed by atoms with Crippen LogP contribution >= 0.6 is 15.9 Å². The largest absolute Gasteiger partial charge is 0.494 e. The highest BCUT2D eigenvalue weighted by molar-refractivity contribution is 9.10. The van der Waals surface area contributed by atoms with Gasteiger partial charge in [-0.25, -0.2) is 8.42 Å². The minimum absolute atomic E-state index is 0.0221. The van der Waals surface area contributed by atoms with Crippen LogP contribution in [-0.2, 0) is 26.2 Å². The van der Waals surface area contributed by atoms with Crippen LogP contribution in [0.1, 0.15) is 26.3 Å². The van der Waals surface area contributed by atoms with E-state index in [0.717, 1.165) is 14.3 Å². The molecule has 3 aromatic carbocycles. The number of benzene rings is 3. The van der Waals surface area contributed by atoms with Gasteiger partial charge < -0.3 is 15.0 Å². The first-order valence-corrected chi connectivity index (χ1v) is 14.5. The van der Waals surface area contributed by atoms with E-state index in [0.29, 0.717) is 24.6 Å². The Morgan fingerprint density at radius 3 is 2.16 bits per heavy atom. The molecule has 2 amide bonds. The minimum atomic E-state index is -4.13. The Bertz CT molecular complexity index is 1320. The van der Waals surface area contributed by atoms with Crippen LogP contribution in [0.5, 0.6) is 5.75 Å². The number of hydrogen-bond donors (Lipinski definition) is 1. The van der Waals surface area contributed by atoms with Crippen LogP contribution < -0.4 is 14.4 Å². The molecule has 0 spiro atoms. The lowest BCUT2D eigenvalue weighted by atomic mass is 10.1. The van der Waals surface area contributed by atoms with Gasteiger partial charge >= 0.3 is 0 Å². The smallest absolute Gasteiger partial charge is 0.264 e. The van der Waals surface area contributed by atoms with Crippen molar-refractivity contribution in [2.75, 3.05) is 24.0 Å². The molecule has 0 fully saturated rings. The number of nitrogens with one attached hydrogen (secondary N) is 1. The number of para-hydroxylation sites is 1. The Kier molecular flexibility index (Phi) is 10.3. The van der Waals surface area contributed by atoms with Gasteiger partial charge in [0.1, 0.15) is 18.3 Å². The molecule has 0 radical (unpaired) electrons. The molecule has 0 bridgehead atoms. The quantitative estimate of drug-likeness (QED) is 0.327. The zero-order valence-electron chi connectivity index (χ0n) is 21.6. The SMILES string of the molecule is CCNC(=O)[C@@H](C)N(Cc1ccc(Br)cc1)C(=O)CN(c1ccccc1)S(=O)(=O)c1ccc(OCC)cc1. The second kappa shape index (κ2) is 13.4. The molecule has 0 heterocycles. The fourth-order valence-electron chi connectivity index (χ4n) is 3.82. The maximum Gasteiger partial charge on any atom is 0.264 e. The van der Waals surface area contributed by atoms with Gasteiger partial charge in [-0.15, -0.1) is 0 Å². The number of rotatable bonds is 12. The molecule has 3 aromatic rings. The number of hydrogen-bond acceptors (Lipinski definition) is 5. The second-order valence-electron chi connectivity index (χ2n) is 8.47. The van der Waals surface area contributed by atoms with Crippen LogP contribution in [0.2, 0.25) is 0 Å². The topological polar surface area (TPSA) is 96.0 Å². The van der Waals surface area contributed by atoms with Crippen molar-refractivity contribution in [3.8, 4) is 5.75 Å². The second-order valence-corrected chi connectivity index (χ2v) is 11.2. The molecule has 0 aromatic heterocycles. The Hall–Kier alpha value is -3.37. The first-order valence-electron chi connectivity index (χ1n) is 12.3. The summed E-state index contributed by atoms with van der Waals surface area (Å²) in [5.41, 5.74) is 1.14. The predicted molar refractivity (Wildman–Crippen MR) is 151 cm³/mol. The number of likely N-dealkylation sites (N-methyl/N-ethyl adjacent to an activating group) is 1. The van der Waals surface area contributed by atoms with Crippen molar-refractivity contribution in [3.05, 3.63) is 88.9 Å². The zero-order chi connectivity index (χ0) is 27.7. The summed E-state index contributed by atoms with van der Waals surface area (Å²) in [5.74, 6) is -0.283. The number of amides is 2. The summed E-state index contributed by atoms with van der Waals surface area (Å²) in [5, 5.41) is 2.75. The average molecular weight is 603 g/mol. The molecule has 0 aliphatic heterocycles. The highest BCUT2D eigenvalue weighted by atomic mass is 79.9. The first kappa shape index (κ1) is 29.2. The van der Waals surface area contributed by atoms with E-state index >= 15 is 0 Å². The van der Waals surface area contributed by atoms with Gasteiger partial charge in [0.05, 0.1) is 17.2 Å². The summed E-state index contributed by atoms with van der Waals surface area (Å²) < 4.78 is 35.0. The Balaban J connectivity index is 1.98. The molecular weight excluding hydrogens is 570 g/mol. The van der Waals surface area contributed by atoms with Crippen molar-refractivity contribution >= 4 is 43.5 Å². The van der Waals surface area contributed by atoms with E-state index in [9.17, 15) is 18.0 Å². The van der Waals surface area contributed by atoms with E-state index in [1.807, 2.05) is 31.2 Å². The Morgan fingerprint density at radius 1 is 0.947 bits per heavy atom. The van der Waals surface area contributed by atoms with E-state index in [1.165, 1.54) is 17.0 Å². The fourth-order valence-corrected chi connectivity index (χ4v) is 5.49. The molecule has 1 atom stereocenters. The van der Waals surface area contributed by atoms with E-state index in [2.05, 4.69) is 21.2 Å². The van der Waals surface area contributed by atoms with Crippen LogP contribution in [0.15, 0.2) is 88.2 Å². The minimum Gasteiger partial charge on any atom is -0.494 e. The third-order valence-electron chi connectivity index (χ3n) is 5.83. The number of halogens is 1. The highest BCUT2D eigenvalue weighted by Gasteiger charge is 2.32. The highest BCUT2D eigenvalue weighted by Crippen LogP contribution is 2.26. The first-order chi connectivity index (χ1) is 18.2. The lowest BCUT2D eigenvalue weighted by Gasteiger charge is -2.32. The monoisotopic (exact) mass is 601 g/mol. The van der Waals surface area contributed by atoms with Crippen LogP contribution in [0, 0.1) is 0 Å². The zero-order valence-corrected chi connectivity index (χ0v) is 24.0. The molecule has 3 rings (SSSR count). The van der Waals surface area contributed by atoms with Crippen LogP contribution in [0.4, 0.5) is 5.69 Å². The average Bonchev–Trinajstić information content (AvgIpc) is 2.92. The van der Waals surface area contributed by atoms with Crippen molar-refractivity contribution < 1.29 is 22.7 Å². The predicted octanol–water partition coefficient (Wildman–Crippen LogP) is 4.60. The molecular formula is C28H32BrN3O5S. The fraction of sp³-hybridized carbons (Fsp3) is 0.286. The third kappa shape index (κ3) is 7.35. The van der Waals surface area contributed by atoms with E-state index < -0.39 is 28.5 Å². The summed E-state index contributed by atoms with van der Waals surface area (Å²) in [6.07, 6.45) is 0. The molecule has 202 valence electrons. The van der Waals surface area contributed by atoms with Crippen LogP contribution in [-0.4, -0.2) is 50.9 Å². The van der Waals surface area contributed by atoms with Crippen LogP contribution in [0.25, 0.3) is 0 Å². The summed E-state index contributed by atoms with van der Waals surface area (Å²) in [4.78, 5) is 27.9. The third-order valence-corrected chi connectivity index (χ3v) is 8.15. The molecule has 10 heteroatoms. The number of sulfonamides is 1. The Morgan fingerprint density at radius 2 is 1.58 bits per heavy atom. The maximum atomic E-state index is 13.8. The van der Waals surface area contributed by atoms with Crippen molar-refractivity contribution in [2.24, 2.45) is 0 Å². The lowest BCUT2D eigenvalue weighted by Crippen LogP contribution is -2.51. The van der Waals surface area contributed by atoms with Gasteiger partial charge in [-0.1, -0.05) is 46.3 Å². The van der Waals surface area contributed by atoms with Gasteiger partial charge in [0.15, 0.2) is 0 Å². The Labute approximate surface area is 232 Å². The van der Waals surface area contributed by atoms with Gasteiger partial charge in [0.25, 0.3) is 10.0 Å². The normalized spacial score (nSPS) is 11.9. The van der Waals surface area contributed by atoms with Crippen LogP contribution in [0.3, 0.4) is 0 Å². The molecule has 8 nitrogen and oxygen atoms in total. The van der Waals surface area contributed by atoms with E-state index in [4.69, 9.17) is 4.74 Å². The van der Waals surface area contributed by atoms with Gasteiger partial charge in [-0.05, 0) is 74.9 Å². The van der Waals surface area contributed by atoms with Gasteiger partial charge in [-0.2, -0.15) is 0 Å². The number of carbonyl (C=O) groups excluding carboxylic acids is 2. The van der Waals surface area contributed by atoms with Crippen molar-refractivity contribution in [2.45, 2.75) is 38.3 Å². The maximum absolute atomic E-state index is 13.8. The molecule has 0 aliphatic carbocycles. The molecule has 0 saturated carbocycles. The van der Waals surface area contributed by atoms with E-state index in [1.54, 1.807) is 56.3 Å². The van der Waals surface area contributed by atoms with Crippen molar-refractivity contribution in [1.82, 2.24) is 10.2 Å². The number of ether oxygens (including phenoxy) is 1.